The summed E-state index contributed by atoms with van der Waals surface area (Å²) in [7, 11) is 0. The van der Waals surface area contributed by atoms with E-state index < -0.39 is 29.7 Å². The van der Waals surface area contributed by atoms with E-state index in [0.717, 1.165) is 29.7 Å². The number of rotatable bonds is 11. The average molecular weight is 427 g/mol. The molecule has 0 aromatic heterocycles. The molecule has 0 bridgehead atoms. The van der Waals surface area contributed by atoms with Crippen LogP contribution in [0.5, 0.6) is 0 Å². The van der Waals surface area contributed by atoms with Crippen molar-refractivity contribution in [1.29, 1.82) is 0 Å². The van der Waals surface area contributed by atoms with E-state index in [4.69, 9.17) is 10.3 Å². The van der Waals surface area contributed by atoms with Crippen molar-refractivity contribution in [2.24, 2.45) is 5.11 Å². The van der Waals surface area contributed by atoms with Crippen LogP contribution in [0.3, 0.4) is 0 Å². The van der Waals surface area contributed by atoms with Gasteiger partial charge in [-0.3, -0.25) is 29.4 Å². The first kappa shape index (κ1) is 22.5. The van der Waals surface area contributed by atoms with Gasteiger partial charge in [0.15, 0.2) is 0 Å². The normalized spacial score (nSPS) is 18.1. The lowest BCUT2D eigenvalue weighted by Gasteiger charge is -2.27. The molecule has 164 valence electrons. The fraction of sp³-hybridized carbons (Fsp3) is 0.524. The van der Waals surface area contributed by atoms with Crippen molar-refractivity contribution in [1.82, 2.24) is 10.2 Å². The smallest absolute Gasteiger partial charge is 0.262 e. The second-order valence-electron chi connectivity index (χ2n) is 7.52. The summed E-state index contributed by atoms with van der Waals surface area (Å²) >= 11 is 0. The van der Waals surface area contributed by atoms with Gasteiger partial charge < -0.3 is 4.74 Å². The summed E-state index contributed by atoms with van der Waals surface area (Å²) in [5.41, 5.74) is 9.61. The molecule has 1 unspecified atom stereocenters. The quantitative estimate of drug-likeness (QED) is 0.190. The van der Waals surface area contributed by atoms with Crippen LogP contribution in [0.15, 0.2) is 23.3 Å². The SMILES string of the molecule is [N-]=[N+]=NCCCCCOCCCc1cccc2c1C(=O)N(C1CCC(=O)NC1=O)C2=O. The number of aryl methyl sites for hydroxylation is 1. The maximum absolute atomic E-state index is 13.0. The first-order valence-corrected chi connectivity index (χ1v) is 10.5. The molecule has 4 amide bonds. The van der Waals surface area contributed by atoms with E-state index in [1.807, 2.05) is 6.07 Å². The Balaban J connectivity index is 1.53. The number of amides is 4. The number of hydrogen-bond donors (Lipinski definition) is 1. The Morgan fingerprint density at radius 3 is 2.68 bits per heavy atom. The Labute approximate surface area is 179 Å². The van der Waals surface area contributed by atoms with Crippen LogP contribution in [0.2, 0.25) is 0 Å². The van der Waals surface area contributed by atoms with E-state index in [-0.39, 0.29) is 12.8 Å². The topological polar surface area (TPSA) is 142 Å². The van der Waals surface area contributed by atoms with Gasteiger partial charge in [0.2, 0.25) is 11.8 Å². The summed E-state index contributed by atoms with van der Waals surface area (Å²) in [5.74, 6) is -1.98. The number of unbranched alkanes of at least 4 members (excludes halogenated alkanes) is 2. The molecular formula is C21H25N5O5. The second-order valence-corrected chi connectivity index (χ2v) is 7.52. The summed E-state index contributed by atoms with van der Waals surface area (Å²) < 4.78 is 5.62. The number of carbonyl (C=O) groups is 4. The summed E-state index contributed by atoms with van der Waals surface area (Å²) in [5, 5.41) is 5.68. The van der Waals surface area contributed by atoms with Crippen LogP contribution in [0.4, 0.5) is 0 Å². The third kappa shape index (κ3) is 5.28. The molecule has 0 spiro atoms. The summed E-state index contributed by atoms with van der Waals surface area (Å²) in [6, 6.07) is 4.18. The van der Waals surface area contributed by atoms with Gasteiger partial charge in [0.05, 0.1) is 11.1 Å². The number of carbonyl (C=O) groups excluding carboxylic acids is 4. The maximum atomic E-state index is 13.0. The van der Waals surface area contributed by atoms with Gasteiger partial charge in [-0.2, -0.15) is 0 Å². The van der Waals surface area contributed by atoms with Crippen molar-refractivity contribution < 1.29 is 23.9 Å². The van der Waals surface area contributed by atoms with Crippen LogP contribution in [0.1, 0.15) is 64.8 Å². The van der Waals surface area contributed by atoms with Crippen molar-refractivity contribution in [3.8, 4) is 0 Å². The molecule has 0 saturated carbocycles. The highest BCUT2D eigenvalue weighted by atomic mass is 16.5. The van der Waals surface area contributed by atoms with Crippen molar-refractivity contribution in [3.05, 3.63) is 45.3 Å². The zero-order valence-corrected chi connectivity index (χ0v) is 17.2. The van der Waals surface area contributed by atoms with E-state index in [1.54, 1.807) is 12.1 Å². The minimum Gasteiger partial charge on any atom is -0.381 e. The highest BCUT2D eigenvalue weighted by molar-refractivity contribution is 6.24. The van der Waals surface area contributed by atoms with Gasteiger partial charge in [0.25, 0.3) is 11.8 Å². The summed E-state index contributed by atoms with van der Waals surface area (Å²) in [4.78, 5) is 53.1. The van der Waals surface area contributed by atoms with Gasteiger partial charge in [0.1, 0.15) is 6.04 Å². The molecule has 10 heteroatoms. The molecule has 1 aromatic rings. The van der Waals surface area contributed by atoms with Gasteiger partial charge in [0, 0.05) is 31.1 Å². The number of nitrogens with zero attached hydrogens (tertiary/aromatic N) is 4. The Morgan fingerprint density at radius 2 is 1.90 bits per heavy atom. The number of fused-ring (bicyclic) bond motifs is 1. The van der Waals surface area contributed by atoms with Gasteiger partial charge in [-0.15, -0.1) is 0 Å². The zero-order valence-electron chi connectivity index (χ0n) is 17.2. The van der Waals surface area contributed by atoms with Crippen molar-refractivity contribution in [3.63, 3.8) is 0 Å². The summed E-state index contributed by atoms with van der Waals surface area (Å²) in [6.07, 6.45) is 4.15. The molecule has 1 atom stereocenters. The minimum absolute atomic E-state index is 0.0968. The Kier molecular flexibility index (Phi) is 7.75. The Bertz CT molecular complexity index is 925. The number of nitrogens with one attached hydrogen (secondary N) is 1. The Hall–Kier alpha value is -3.23. The molecule has 2 aliphatic heterocycles. The summed E-state index contributed by atoms with van der Waals surface area (Å²) in [6.45, 7) is 1.64. The average Bonchev–Trinajstić information content (AvgIpc) is 3.01. The largest absolute Gasteiger partial charge is 0.381 e. The number of benzene rings is 1. The highest BCUT2D eigenvalue weighted by Gasteiger charge is 2.45. The lowest BCUT2D eigenvalue weighted by Crippen LogP contribution is -2.54. The van der Waals surface area contributed by atoms with Crippen LogP contribution in [0, 0.1) is 0 Å². The highest BCUT2D eigenvalue weighted by Crippen LogP contribution is 2.30. The van der Waals surface area contributed by atoms with E-state index in [9.17, 15) is 19.2 Å². The molecular weight excluding hydrogens is 402 g/mol. The predicted molar refractivity (Wildman–Crippen MR) is 110 cm³/mol. The van der Waals surface area contributed by atoms with Gasteiger partial charge in [-0.1, -0.05) is 23.7 Å². The van der Waals surface area contributed by atoms with Crippen LogP contribution in [0.25, 0.3) is 10.4 Å². The third-order valence-electron chi connectivity index (χ3n) is 5.40. The Morgan fingerprint density at radius 1 is 1.10 bits per heavy atom. The first-order valence-electron chi connectivity index (χ1n) is 10.5. The van der Waals surface area contributed by atoms with E-state index in [2.05, 4.69) is 15.3 Å². The minimum atomic E-state index is -0.958. The standard InChI is InChI=1S/C21H25N5O5/c22-25-23-11-2-1-3-12-31-13-5-7-14-6-4-8-15-18(14)21(30)26(20(15)29)16-9-10-17(27)24-19(16)28/h4,6,8,16H,1-3,5,7,9-13H2,(H,24,27,28). The fourth-order valence-electron chi connectivity index (χ4n) is 3.87. The molecule has 1 N–H and O–H groups in total. The molecule has 0 radical (unpaired) electrons. The molecule has 2 aliphatic rings. The molecule has 3 rings (SSSR count). The number of ether oxygens (including phenoxy) is 1. The van der Waals surface area contributed by atoms with Crippen molar-refractivity contribution in [2.75, 3.05) is 19.8 Å². The van der Waals surface area contributed by atoms with Gasteiger partial charge >= 0.3 is 0 Å². The molecule has 0 aliphatic carbocycles. The lowest BCUT2D eigenvalue weighted by molar-refractivity contribution is -0.136. The molecule has 1 saturated heterocycles. The number of hydrogen-bond acceptors (Lipinski definition) is 6. The molecule has 1 fully saturated rings. The van der Waals surface area contributed by atoms with E-state index in [1.165, 1.54) is 0 Å². The van der Waals surface area contributed by atoms with Crippen molar-refractivity contribution >= 4 is 23.6 Å². The van der Waals surface area contributed by atoms with Gasteiger partial charge in [-0.05, 0) is 49.3 Å². The monoisotopic (exact) mass is 427 g/mol. The molecule has 31 heavy (non-hydrogen) atoms. The second kappa shape index (κ2) is 10.7. The lowest BCUT2D eigenvalue weighted by atomic mass is 9.99. The number of azide groups is 1. The third-order valence-corrected chi connectivity index (χ3v) is 5.40. The van der Waals surface area contributed by atoms with Gasteiger partial charge in [-0.25, -0.2) is 0 Å². The number of imide groups is 2. The maximum Gasteiger partial charge on any atom is 0.262 e. The van der Waals surface area contributed by atoms with Crippen LogP contribution in [-0.4, -0.2) is 54.3 Å². The van der Waals surface area contributed by atoms with Crippen LogP contribution < -0.4 is 5.32 Å². The fourth-order valence-corrected chi connectivity index (χ4v) is 3.87. The van der Waals surface area contributed by atoms with Crippen molar-refractivity contribution in [2.45, 2.75) is 51.0 Å². The predicted octanol–water partition coefficient (Wildman–Crippen LogP) is 2.52. The number of piperidine rings is 1. The van der Waals surface area contributed by atoms with E-state index in [0.29, 0.717) is 43.7 Å². The van der Waals surface area contributed by atoms with Crippen LogP contribution in [-0.2, 0) is 20.7 Å². The molecule has 2 heterocycles. The molecule has 1 aromatic carbocycles. The van der Waals surface area contributed by atoms with E-state index >= 15 is 0 Å². The molecule has 10 nitrogen and oxygen atoms in total. The first-order chi connectivity index (χ1) is 15.0. The van der Waals surface area contributed by atoms with Crippen LogP contribution >= 0.6 is 0 Å². The zero-order chi connectivity index (χ0) is 22.2.